The maximum Gasteiger partial charge on any atom is 0.224 e. The summed E-state index contributed by atoms with van der Waals surface area (Å²) in [6.45, 7) is 4.49. The molecule has 2 atom stereocenters. The number of halogens is 2. The van der Waals surface area contributed by atoms with Gasteiger partial charge in [0.15, 0.2) is 0 Å². The zero-order valence-corrected chi connectivity index (χ0v) is 17.8. The zero-order chi connectivity index (χ0) is 19.9. The molecule has 1 fully saturated rings. The molecule has 2 aromatic rings. The first-order valence-electron chi connectivity index (χ1n) is 10.0. The molecule has 0 aromatic heterocycles. The van der Waals surface area contributed by atoms with Gasteiger partial charge in [-0.3, -0.25) is 9.69 Å². The molecule has 3 rings (SSSR count). The highest BCUT2D eigenvalue weighted by Gasteiger charge is 2.27. The van der Waals surface area contributed by atoms with Gasteiger partial charge < -0.3 is 5.32 Å². The van der Waals surface area contributed by atoms with Crippen molar-refractivity contribution in [2.24, 2.45) is 5.92 Å². The van der Waals surface area contributed by atoms with Crippen LogP contribution in [0, 0.1) is 5.92 Å². The molecule has 1 amide bonds. The summed E-state index contributed by atoms with van der Waals surface area (Å²) in [7, 11) is 0. The standard InChI is InChI=1S/C23H28Cl2N2O/c1-17(12-13-18-7-3-2-4-8-18)26-23(28)19-9-6-14-27(15-19)16-20-21(24)10-5-11-22(20)25/h2-5,7-8,10-11,17,19H,6,9,12-16H2,1H3,(H,26,28)/t17-,19-/m0/s1. The van der Waals surface area contributed by atoms with E-state index in [0.717, 1.165) is 44.3 Å². The van der Waals surface area contributed by atoms with Gasteiger partial charge in [0.1, 0.15) is 0 Å². The van der Waals surface area contributed by atoms with Gasteiger partial charge in [-0.05, 0) is 56.8 Å². The lowest BCUT2D eigenvalue weighted by atomic mass is 9.96. The molecule has 0 bridgehead atoms. The summed E-state index contributed by atoms with van der Waals surface area (Å²) in [5.74, 6) is 0.185. The Morgan fingerprint density at radius 1 is 1.14 bits per heavy atom. The van der Waals surface area contributed by atoms with Gasteiger partial charge in [-0.1, -0.05) is 59.6 Å². The van der Waals surface area contributed by atoms with Gasteiger partial charge in [0.25, 0.3) is 0 Å². The van der Waals surface area contributed by atoms with Gasteiger partial charge in [0.05, 0.1) is 5.92 Å². The van der Waals surface area contributed by atoms with Gasteiger partial charge in [-0.2, -0.15) is 0 Å². The summed E-state index contributed by atoms with van der Waals surface area (Å²) in [6, 6.07) is 16.2. The second-order valence-electron chi connectivity index (χ2n) is 7.71. The SMILES string of the molecule is C[C@@H](CCc1ccccc1)NC(=O)[C@H]1CCCN(Cc2c(Cl)cccc2Cl)C1. The Bertz CT molecular complexity index is 761. The van der Waals surface area contributed by atoms with E-state index in [9.17, 15) is 4.79 Å². The lowest BCUT2D eigenvalue weighted by Gasteiger charge is -2.33. The molecule has 1 aliphatic rings. The van der Waals surface area contributed by atoms with Crippen LogP contribution in [0.3, 0.4) is 0 Å². The summed E-state index contributed by atoms with van der Waals surface area (Å²) in [6.07, 6.45) is 3.87. The molecule has 3 nitrogen and oxygen atoms in total. The van der Waals surface area contributed by atoms with Crippen molar-refractivity contribution in [1.29, 1.82) is 0 Å². The Labute approximate surface area is 178 Å². The van der Waals surface area contributed by atoms with E-state index in [4.69, 9.17) is 23.2 Å². The topological polar surface area (TPSA) is 32.3 Å². The molecular weight excluding hydrogens is 391 g/mol. The average Bonchev–Trinajstić information content (AvgIpc) is 2.70. The first-order valence-corrected chi connectivity index (χ1v) is 10.8. The quantitative estimate of drug-likeness (QED) is 0.657. The minimum atomic E-state index is 0.0224. The van der Waals surface area contributed by atoms with E-state index >= 15 is 0 Å². The second kappa shape index (κ2) is 10.3. The van der Waals surface area contributed by atoms with Gasteiger partial charge in [-0.25, -0.2) is 0 Å². The third-order valence-corrected chi connectivity index (χ3v) is 6.13. The number of amides is 1. The first kappa shape index (κ1) is 21.2. The number of hydrogen-bond acceptors (Lipinski definition) is 2. The van der Waals surface area contributed by atoms with Crippen LogP contribution in [0.15, 0.2) is 48.5 Å². The molecule has 1 heterocycles. The lowest BCUT2D eigenvalue weighted by molar-refractivity contribution is -0.127. The maximum atomic E-state index is 12.8. The monoisotopic (exact) mass is 418 g/mol. The van der Waals surface area contributed by atoms with Gasteiger partial charge in [-0.15, -0.1) is 0 Å². The van der Waals surface area contributed by atoms with Crippen LogP contribution in [0.2, 0.25) is 10.0 Å². The van der Waals surface area contributed by atoms with Gasteiger partial charge in [0.2, 0.25) is 5.91 Å². The molecule has 2 aromatic carbocycles. The number of nitrogens with one attached hydrogen (secondary N) is 1. The van der Waals surface area contributed by atoms with Crippen molar-refractivity contribution in [2.45, 2.75) is 45.2 Å². The number of benzene rings is 2. The van der Waals surface area contributed by atoms with E-state index in [-0.39, 0.29) is 17.9 Å². The number of rotatable bonds is 7. The minimum absolute atomic E-state index is 0.0224. The predicted molar refractivity (Wildman–Crippen MR) is 117 cm³/mol. The molecule has 1 saturated heterocycles. The zero-order valence-electron chi connectivity index (χ0n) is 16.3. The Morgan fingerprint density at radius 2 is 1.86 bits per heavy atom. The van der Waals surface area contributed by atoms with Crippen LogP contribution in [0.5, 0.6) is 0 Å². The van der Waals surface area contributed by atoms with Crippen LogP contribution in [0.4, 0.5) is 0 Å². The molecule has 150 valence electrons. The fourth-order valence-corrected chi connectivity index (χ4v) is 4.30. The maximum absolute atomic E-state index is 12.8. The van der Waals surface area contributed by atoms with E-state index in [1.54, 1.807) is 0 Å². The van der Waals surface area contributed by atoms with Crippen LogP contribution < -0.4 is 5.32 Å². The Morgan fingerprint density at radius 3 is 2.57 bits per heavy atom. The van der Waals surface area contributed by atoms with E-state index < -0.39 is 0 Å². The minimum Gasteiger partial charge on any atom is -0.353 e. The third kappa shape index (κ3) is 5.97. The summed E-state index contributed by atoms with van der Waals surface area (Å²) in [5.41, 5.74) is 2.26. The molecule has 28 heavy (non-hydrogen) atoms. The van der Waals surface area contributed by atoms with Crippen LogP contribution >= 0.6 is 23.2 Å². The normalized spacial score (nSPS) is 18.6. The summed E-state index contributed by atoms with van der Waals surface area (Å²) in [4.78, 5) is 15.0. The Hall–Kier alpha value is -1.55. The van der Waals surface area contributed by atoms with Crippen LogP contribution in [0.1, 0.15) is 37.3 Å². The van der Waals surface area contributed by atoms with Crippen molar-refractivity contribution >= 4 is 29.1 Å². The molecule has 1 aliphatic heterocycles. The van der Waals surface area contributed by atoms with Crippen molar-refractivity contribution < 1.29 is 4.79 Å². The van der Waals surface area contributed by atoms with Crippen LogP contribution in [-0.2, 0) is 17.8 Å². The van der Waals surface area contributed by atoms with Crippen LogP contribution in [0.25, 0.3) is 0 Å². The number of carbonyl (C=O) groups is 1. The number of carbonyl (C=O) groups excluding carboxylic acids is 1. The highest BCUT2D eigenvalue weighted by molar-refractivity contribution is 6.35. The number of hydrogen-bond donors (Lipinski definition) is 1. The Kier molecular flexibility index (Phi) is 7.78. The third-order valence-electron chi connectivity index (χ3n) is 5.42. The molecule has 0 spiro atoms. The van der Waals surface area contributed by atoms with Crippen molar-refractivity contribution in [3.63, 3.8) is 0 Å². The Balaban J connectivity index is 1.50. The van der Waals surface area contributed by atoms with E-state index in [2.05, 4.69) is 41.4 Å². The molecule has 0 unspecified atom stereocenters. The molecule has 0 radical (unpaired) electrons. The van der Waals surface area contributed by atoms with Gasteiger partial charge in [0, 0.05) is 34.7 Å². The number of aryl methyl sites for hydroxylation is 1. The van der Waals surface area contributed by atoms with E-state index in [0.29, 0.717) is 16.6 Å². The van der Waals surface area contributed by atoms with Crippen molar-refractivity contribution in [3.05, 3.63) is 69.7 Å². The molecule has 0 aliphatic carbocycles. The van der Waals surface area contributed by atoms with Gasteiger partial charge >= 0.3 is 0 Å². The van der Waals surface area contributed by atoms with E-state index in [1.165, 1.54) is 5.56 Å². The summed E-state index contributed by atoms with van der Waals surface area (Å²) < 4.78 is 0. The number of nitrogens with zero attached hydrogens (tertiary/aromatic N) is 1. The number of piperidine rings is 1. The fraction of sp³-hybridized carbons (Fsp3) is 0.435. The lowest BCUT2D eigenvalue weighted by Crippen LogP contribution is -2.45. The number of likely N-dealkylation sites (tertiary alicyclic amines) is 1. The summed E-state index contributed by atoms with van der Waals surface area (Å²) >= 11 is 12.6. The van der Waals surface area contributed by atoms with Crippen LogP contribution in [-0.4, -0.2) is 29.9 Å². The first-order chi connectivity index (χ1) is 13.5. The average molecular weight is 419 g/mol. The van der Waals surface area contributed by atoms with Crippen molar-refractivity contribution in [2.75, 3.05) is 13.1 Å². The molecule has 1 N–H and O–H groups in total. The second-order valence-corrected chi connectivity index (χ2v) is 8.52. The summed E-state index contributed by atoms with van der Waals surface area (Å²) in [5, 5.41) is 4.59. The highest BCUT2D eigenvalue weighted by Crippen LogP contribution is 2.27. The highest BCUT2D eigenvalue weighted by atomic mass is 35.5. The molecule has 5 heteroatoms. The fourth-order valence-electron chi connectivity index (χ4n) is 3.78. The van der Waals surface area contributed by atoms with E-state index in [1.807, 2.05) is 24.3 Å². The van der Waals surface area contributed by atoms with Crippen molar-refractivity contribution in [3.8, 4) is 0 Å². The predicted octanol–water partition coefficient (Wildman–Crippen LogP) is 5.34. The molecular formula is C23H28Cl2N2O. The molecule has 0 saturated carbocycles. The largest absolute Gasteiger partial charge is 0.353 e. The van der Waals surface area contributed by atoms with Crippen molar-refractivity contribution in [1.82, 2.24) is 10.2 Å². The smallest absolute Gasteiger partial charge is 0.224 e.